The van der Waals surface area contributed by atoms with Gasteiger partial charge in [-0.25, -0.2) is 0 Å². The topological polar surface area (TPSA) is 101 Å². The molecule has 0 saturated carbocycles. The van der Waals surface area contributed by atoms with E-state index in [0.29, 0.717) is 16.9 Å². The maximum atomic E-state index is 11.4. The predicted octanol–water partition coefficient (Wildman–Crippen LogP) is 0.361. The van der Waals surface area contributed by atoms with E-state index in [4.69, 9.17) is 16.6 Å². The molecular weight excluding hydrogens is 218 g/mol. The maximum Gasteiger partial charge on any atom is 0.244 e. The molecule has 0 spiro atoms. The van der Waals surface area contributed by atoms with Gasteiger partial charge in [-0.05, 0) is 36.8 Å². The molecule has 0 heterocycles. The van der Waals surface area contributed by atoms with Gasteiger partial charge in [0, 0.05) is 23.5 Å². The SMILES string of the molecule is CC(CO)NC(=O)/C=C/c1cc(N)ccc1N. The van der Waals surface area contributed by atoms with E-state index in [1.165, 1.54) is 6.08 Å². The van der Waals surface area contributed by atoms with Crippen molar-refractivity contribution >= 4 is 23.4 Å². The monoisotopic (exact) mass is 235 g/mol. The molecule has 1 atom stereocenters. The Morgan fingerprint density at radius 3 is 2.88 bits per heavy atom. The second-order valence-electron chi connectivity index (χ2n) is 3.81. The van der Waals surface area contributed by atoms with E-state index in [1.54, 1.807) is 31.2 Å². The molecule has 6 N–H and O–H groups in total. The van der Waals surface area contributed by atoms with Gasteiger partial charge in [0.2, 0.25) is 5.91 Å². The number of nitrogen functional groups attached to an aromatic ring is 2. The number of carbonyl (C=O) groups excluding carboxylic acids is 1. The second kappa shape index (κ2) is 5.91. The highest BCUT2D eigenvalue weighted by Gasteiger charge is 2.02. The van der Waals surface area contributed by atoms with Crippen molar-refractivity contribution in [2.75, 3.05) is 18.1 Å². The first kappa shape index (κ1) is 13.1. The van der Waals surface area contributed by atoms with Gasteiger partial charge < -0.3 is 21.9 Å². The van der Waals surface area contributed by atoms with Crippen LogP contribution in [0.15, 0.2) is 24.3 Å². The smallest absolute Gasteiger partial charge is 0.244 e. The van der Waals surface area contributed by atoms with Crippen molar-refractivity contribution in [1.82, 2.24) is 5.32 Å². The Bertz CT molecular complexity index is 430. The fourth-order valence-corrected chi connectivity index (χ4v) is 1.24. The van der Waals surface area contributed by atoms with Gasteiger partial charge >= 0.3 is 0 Å². The van der Waals surface area contributed by atoms with E-state index < -0.39 is 0 Å². The highest BCUT2D eigenvalue weighted by molar-refractivity contribution is 5.92. The van der Waals surface area contributed by atoms with Gasteiger partial charge in [-0.2, -0.15) is 0 Å². The molecule has 0 saturated heterocycles. The molecule has 5 heteroatoms. The number of aliphatic hydroxyl groups is 1. The van der Waals surface area contributed by atoms with Gasteiger partial charge in [0.1, 0.15) is 0 Å². The summed E-state index contributed by atoms with van der Waals surface area (Å²) in [6.07, 6.45) is 2.95. The molecule has 0 aliphatic rings. The molecule has 1 aromatic rings. The third kappa shape index (κ3) is 4.16. The van der Waals surface area contributed by atoms with Crippen LogP contribution in [0.3, 0.4) is 0 Å². The average molecular weight is 235 g/mol. The van der Waals surface area contributed by atoms with Crippen molar-refractivity contribution in [3.63, 3.8) is 0 Å². The Hall–Kier alpha value is -2.01. The standard InChI is InChI=1S/C12H17N3O2/c1-8(7-16)15-12(17)5-2-9-6-10(13)3-4-11(9)14/h2-6,8,16H,7,13-14H2,1H3,(H,15,17)/b5-2+. The van der Waals surface area contributed by atoms with Crippen molar-refractivity contribution in [2.24, 2.45) is 0 Å². The molecular formula is C12H17N3O2. The third-order valence-electron chi connectivity index (χ3n) is 2.19. The fourth-order valence-electron chi connectivity index (χ4n) is 1.24. The van der Waals surface area contributed by atoms with Crippen LogP contribution in [0.1, 0.15) is 12.5 Å². The summed E-state index contributed by atoms with van der Waals surface area (Å²) in [5, 5.41) is 11.4. The van der Waals surface area contributed by atoms with E-state index in [0.717, 1.165) is 0 Å². The Morgan fingerprint density at radius 2 is 2.24 bits per heavy atom. The molecule has 1 unspecified atom stereocenters. The van der Waals surface area contributed by atoms with E-state index in [1.807, 2.05) is 0 Å². The number of hydrogen-bond donors (Lipinski definition) is 4. The highest BCUT2D eigenvalue weighted by Crippen LogP contribution is 2.16. The highest BCUT2D eigenvalue weighted by atomic mass is 16.3. The fraction of sp³-hybridized carbons (Fsp3) is 0.250. The average Bonchev–Trinajstić information content (AvgIpc) is 2.30. The lowest BCUT2D eigenvalue weighted by molar-refractivity contribution is -0.117. The number of carbonyl (C=O) groups is 1. The molecule has 0 bridgehead atoms. The summed E-state index contributed by atoms with van der Waals surface area (Å²) < 4.78 is 0. The Kier molecular flexibility index (Phi) is 4.54. The number of anilines is 2. The van der Waals surface area contributed by atoms with Crippen LogP contribution in [0, 0.1) is 0 Å². The van der Waals surface area contributed by atoms with E-state index >= 15 is 0 Å². The number of hydrogen-bond acceptors (Lipinski definition) is 4. The van der Waals surface area contributed by atoms with Crippen molar-refractivity contribution in [2.45, 2.75) is 13.0 Å². The molecule has 0 radical (unpaired) electrons. The minimum absolute atomic E-state index is 0.0972. The zero-order valence-corrected chi connectivity index (χ0v) is 9.68. The first-order valence-corrected chi connectivity index (χ1v) is 5.27. The zero-order valence-electron chi connectivity index (χ0n) is 9.68. The molecule has 17 heavy (non-hydrogen) atoms. The number of rotatable bonds is 4. The summed E-state index contributed by atoms with van der Waals surface area (Å²) in [5.41, 5.74) is 13.2. The first-order chi connectivity index (χ1) is 8.02. The number of nitrogens with two attached hydrogens (primary N) is 2. The zero-order chi connectivity index (χ0) is 12.8. The molecule has 0 aliphatic carbocycles. The molecule has 0 aliphatic heterocycles. The maximum absolute atomic E-state index is 11.4. The summed E-state index contributed by atoms with van der Waals surface area (Å²) >= 11 is 0. The molecule has 5 nitrogen and oxygen atoms in total. The minimum Gasteiger partial charge on any atom is -0.399 e. The molecule has 0 aromatic heterocycles. The predicted molar refractivity (Wildman–Crippen MR) is 69.0 cm³/mol. The normalized spacial score (nSPS) is 12.6. The number of amides is 1. The van der Waals surface area contributed by atoms with Gasteiger partial charge in [0.15, 0.2) is 0 Å². The van der Waals surface area contributed by atoms with Crippen LogP contribution < -0.4 is 16.8 Å². The summed E-state index contributed by atoms with van der Waals surface area (Å²) in [4.78, 5) is 11.4. The van der Waals surface area contributed by atoms with Gasteiger partial charge in [-0.15, -0.1) is 0 Å². The second-order valence-corrected chi connectivity index (χ2v) is 3.81. The molecule has 1 amide bonds. The molecule has 1 aromatic carbocycles. The van der Waals surface area contributed by atoms with Crippen LogP contribution in [0.2, 0.25) is 0 Å². The van der Waals surface area contributed by atoms with Crippen LogP contribution in [0.5, 0.6) is 0 Å². The molecule has 92 valence electrons. The van der Waals surface area contributed by atoms with Gasteiger partial charge in [0.25, 0.3) is 0 Å². The lowest BCUT2D eigenvalue weighted by Crippen LogP contribution is -2.33. The van der Waals surface area contributed by atoms with Crippen LogP contribution in [0.25, 0.3) is 6.08 Å². The van der Waals surface area contributed by atoms with E-state index in [-0.39, 0.29) is 18.6 Å². The Labute approximate surface area is 100 Å². The number of benzene rings is 1. The third-order valence-corrected chi connectivity index (χ3v) is 2.19. The van der Waals surface area contributed by atoms with E-state index in [2.05, 4.69) is 5.32 Å². The number of aliphatic hydroxyl groups excluding tert-OH is 1. The van der Waals surface area contributed by atoms with Crippen LogP contribution in [-0.4, -0.2) is 23.7 Å². The van der Waals surface area contributed by atoms with Crippen molar-refractivity contribution in [3.05, 3.63) is 29.8 Å². The number of nitrogens with one attached hydrogen (secondary N) is 1. The van der Waals surface area contributed by atoms with Crippen LogP contribution in [0.4, 0.5) is 11.4 Å². The lowest BCUT2D eigenvalue weighted by Gasteiger charge is -2.08. The van der Waals surface area contributed by atoms with Gasteiger partial charge in [0.05, 0.1) is 6.61 Å². The van der Waals surface area contributed by atoms with Gasteiger partial charge in [-0.1, -0.05) is 0 Å². The van der Waals surface area contributed by atoms with Crippen LogP contribution >= 0.6 is 0 Å². The van der Waals surface area contributed by atoms with Crippen LogP contribution in [-0.2, 0) is 4.79 Å². The Balaban J connectivity index is 2.70. The molecule has 0 fully saturated rings. The summed E-state index contributed by atoms with van der Waals surface area (Å²) in [6.45, 7) is 1.61. The Morgan fingerprint density at radius 1 is 1.53 bits per heavy atom. The first-order valence-electron chi connectivity index (χ1n) is 5.27. The largest absolute Gasteiger partial charge is 0.399 e. The van der Waals surface area contributed by atoms with Gasteiger partial charge in [-0.3, -0.25) is 4.79 Å². The van der Waals surface area contributed by atoms with Crippen molar-refractivity contribution in [1.29, 1.82) is 0 Å². The van der Waals surface area contributed by atoms with Crippen molar-refractivity contribution < 1.29 is 9.90 Å². The van der Waals surface area contributed by atoms with E-state index in [9.17, 15) is 4.79 Å². The summed E-state index contributed by atoms with van der Waals surface area (Å²) in [5.74, 6) is -0.284. The van der Waals surface area contributed by atoms with Crippen molar-refractivity contribution in [3.8, 4) is 0 Å². The molecule has 1 rings (SSSR count). The lowest BCUT2D eigenvalue weighted by atomic mass is 10.1. The summed E-state index contributed by atoms with van der Waals surface area (Å²) in [6, 6.07) is 4.80. The summed E-state index contributed by atoms with van der Waals surface area (Å²) in [7, 11) is 0. The quantitative estimate of drug-likeness (QED) is 0.447. The minimum atomic E-state index is -0.284.